The zero-order valence-electron chi connectivity index (χ0n) is 45.5. The average molecular weight is 1150 g/mol. The first-order chi connectivity index (χ1) is 38.1. The molecule has 2 aliphatic rings. The number of carboxylic acids is 4. The van der Waals surface area contributed by atoms with Gasteiger partial charge in [-0.3, -0.25) is 62.3 Å². The normalized spacial score (nSPS) is 26.2. The Bertz CT molecular complexity index is 2480. The second kappa shape index (κ2) is 32.6. The first-order valence-corrected chi connectivity index (χ1v) is 26.5. The van der Waals surface area contributed by atoms with E-state index in [1.165, 1.54) is 31.2 Å². The third-order valence-corrected chi connectivity index (χ3v) is 13.8. The number of nitrogens with one attached hydrogen (secondary N) is 9. The second-order valence-electron chi connectivity index (χ2n) is 20.0. The van der Waals surface area contributed by atoms with Crippen molar-refractivity contribution in [3.05, 3.63) is 29.8 Å². The standard InChI is InChI=1S/C51H75N11O19/c1-5-25(3)41-49(78)58-31(20-27-12-14-28(63)15-13-27)44(73)59-34(23-40(70)71)50(79)62-19-9-11-35(62)47(76)54-24-37(65)55-32(21-38(66)67)45(74)57-33(22-39(68)69)46(75)61-42(26(4)6-2)48(77)56-30(51(80)81)10-7-8-18-53-36(64)17-16-29(52)43(72)60-41/h12-15,25-26,29-35,41-42,63H,5-11,16-24,52H2,1-4H3,(H,53,64)(H,54,76)(H,55,65)(H,56,77)(H,57,74)(H,58,78)(H,59,73)(H,60,72)(H,61,75)(H,66,67)(H,68,69)(H,70,71)(H,80,81)/t25-,26-,29-,30-,31-,32-,33-,34-,35-,41+,42+/m0/s1. The van der Waals surface area contributed by atoms with Crippen molar-refractivity contribution in [1.29, 1.82) is 0 Å². The summed E-state index contributed by atoms with van der Waals surface area (Å²) in [6.45, 7) is 5.40. The van der Waals surface area contributed by atoms with Gasteiger partial charge in [0, 0.05) is 25.9 Å². The van der Waals surface area contributed by atoms with Gasteiger partial charge in [0.1, 0.15) is 54.1 Å². The lowest BCUT2D eigenvalue weighted by molar-refractivity contribution is -0.146. The maximum absolute atomic E-state index is 14.2. The number of aliphatic carboxylic acids is 4. The number of amides is 10. The van der Waals surface area contributed by atoms with Gasteiger partial charge in [0.25, 0.3) is 0 Å². The number of carbonyl (C=O) groups excluding carboxylic acids is 10. The van der Waals surface area contributed by atoms with Gasteiger partial charge in [-0.15, -0.1) is 0 Å². The van der Waals surface area contributed by atoms with E-state index >= 15 is 0 Å². The Labute approximate surface area is 465 Å². The largest absolute Gasteiger partial charge is 0.508 e. The Kier molecular flexibility index (Phi) is 26.9. The maximum atomic E-state index is 14.2. The number of phenols is 1. The summed E-state index contributed by atoms with van der Waals surface area (Å²) in [5.74, 6) is -18.0. The van der Waals surface area contributed by atoms with Crippen LogP contribution >= 0.6 is 0 Å². The van der Waals surface area contributed by atoms with Gasteiger partial charge in [0.05, 0.1) is 31.8 Å². The molecule has 30 nitrogen and oxygen atoms in total. The van der Waals surface area contributed by atoms with Crippen molar-refractivity contribution in [2.24, 2.45) is 17.6 Å². The van der Waals surface area contributed by atoms with Crippen LogP contribution in [0.1, 0.15) is 110 Å². The highest BCUT2D eigenvalue weighted by Crippen LogP contribution is 2.21. The second-order valence-corrected chi connectivity index (χ2v) is 20.0. The predicted molar refractivity (Wildman–Crippen MR) is 280 cm³/mol. The molecule has 0 bridgehead atoms. The number of phenolic OH excluding ortho intramolecular Hbond substituents is 1. The first-order valence-electron chi connectivity index (χ1n) is 26.5. The molecule has 2 heterocycles. The molecule has 0 aliphatic carbocycles. The molecule has 0 radical (unpaired) electrons. The van der Waals surface area contributed by atoms with E-state index in [0.717, 1.165) is 4.90 Å². The van der Waals surface area contributed by atoms with E-state index in [4.69, 9.17) is 5.73 Å². The van der Waals surface area contributed by atoms with E-state index in [1.54, 1.807) is 20.8 Å². The van der Waals surface area contributed by atoms with Crippen LogP contribution in [0.25, 0.3) is 0 Å². The molecule has 2 saturated heterocycles. The van der Waals surface area contributed by atoms with Gasteiger partial charge in [-0.2, -0.15) is 0 Å². The molecule has 30 heteroatoms. The summed E-state index contributed by atoms with van der Waals surface area (Å²) in [6.07, 6.45) is -3.26. The van der Waals surface area contributed by atoms with Gasteiger partial charge in [-0.25, -0.2) is 4.79 Å². The maximum Gasteiger partial charge on any atom is 0.326 e. The van der Waals surface area contributed by atoms with Crippen LogP contribution in [0.4, 0.5) is 0 Å². The van der Waals surface area contributed by atoms with Crippen LogP contribution < -0.4 is 53.6 Å². The third-order valence-electron chi connectivity index (χ3n) is 13.8. The van der Waals surface area contributed by atoms with Crippen molar-refractivity contribution in [2.45, 2.75) is 166 Å². The fourth-order valence-electron chi connectivity index (χ4n) is 8.70. The minimum Gasteiger partial charge on any atom is -0.508 e. The molecule has 1 aromatic rings. The quantitative estimate of drug-likeness (QED) is 0.0909. The van der Waals surface area contributed by atoms with Gasteiger partial charge >= 0.3 is 23.9 Å². The number of benzene rings is 1. The average Bonchev–Trinajstić information content (AvgIpc) is 3.93. The highest BCUT2D eigenvalue weighted by Gasteiger charge is 2.41. The Hall–Kier alpha value is -8.44. The summed E-state index contributed by atoms with van der Waals surface area (Å²) >= 11 is 0. The van der Waals surface area contributed by atoms with E-state index in [1.807, 2.05) is 0 Å². The Balaban J connectivity index is 2.03. The van der Waals surface area contributed by atoms with Crippen LogP contribution in [0.3, 0.4) is 0 Å². The first kappa shape index (κ1) is 66.8. The molecule has 10 amide bonds. The minimum absolute atomic E-state index is 0.0233. The van der Waals surface area contributed by atoms with Crippen LogP contribution in [0, 0.1) is 11.8 Å². The summed E-state index contributed by atoms with van der Waals surface area (Å²) in [5.41, 5.74) is 6.55. The van der Waals surface area contributed by atoms with Crippen LogP contribution in [0.5, 0.6) is 5.75 Å². The van der Waals surface area contributed by atoms with Gasteiger partial charge in [0.2, 0.25) is 59.1 Å². The predicted octanol–water partition coefficient (Wildman–Crippen LogP) is -3.56. The number of carbonyl (C=O) groups is 14. The van der Waals surface area contributed by atoms with Crippen LogP contribution in [0.2, 0.25) is 0 Å². The molecule has 16 N–H and O–H groups in total. The van der Waals surface area contributed by atoms with Crippen molar-refractivity contribution in [3.63, 3.8) is 0 Å². The monoisotopic (exact) mass is 1150 g/mol. The molecule has 0 unspecified atom stereocenters. The van der Waals surface area contributed by atoms with Gasteiger partial charge in [-0.1, -0.05) is 52.7 Å². The number of nitrogens with two attached hydrogens (primary N) is 1. The van der Waals surface area contributed by atoms with Crippen LogP contribution in [-0.4, -0.2) is 187 Å². The van der Waals surface area contributed by atoms with Crippen molar-refractivity contribution < 1.29 is 92.7 Å². The van der Waals surface area contributed by atoms with Gasteiger partial charge < -0.3 is 84.0 Å². The fraction of sp³-hybridized carbons (Fsp3) is 0.608. The fourth-order valence-corrected chi connectivity index (χ4v) is 8.70. The van der Waals surface area contributed by atoms with E-state index in [2.05, 4.69) is 47.9 Å². The van der Waals surface area contributed by atoms with Crippen molar-refractivity contribution in [2.75, 3.05) is 19.6 Å². The Morgan fingerprint density at radius 2 is 1.07 bits per heavy atom. The summed E-state index contributed by atoms with van der Waals surface area (Å²) in [6, 6.07) is -9.12. The van der Waals surface area contributed by atoms with E-state index < -0.39 is 175 Å². The summed E-state index contributed by atoms with van der Waals surface area (Å²) < 4.78 is 0. The number of aromatic hydroxyl groups is 1. The molecular formula is C51H75N11O19. The lowest BCUT2D eigenvalue weighted by Crippen LogP contribution is -2.60. The molecule has 11 atom stereocenters. The molecule has 3 rings (SSSR count). The lowest BCUT2D eigenvalue weighted by atomic mass is 9.96. The number of hydrogen-bond donors (Lipinski definition) is 15. The molecule has 0 spiro atoms. The van der Waals surface area contributed by atoms with Crippen LogP contribution in [-0.2, 0) is 73.5 Å². The summed E-state index contributed by atoms with van der Waals surface area (Å²) in [4.78, 5) is 186. The number of rotatable bonds is 13. The number of fused-ring (bicyclic) bond motifs is 1. The third kappa shape index (κ3) is 22.0. The molecular weight excluding hydrogens is 1070 g/mol. The SMILES string of the molecule is CC[C@H](C)[C@H]1NC(=O)[C@H](CC(=O)O)NC(=O)[C@H](CC(=O)O)NC(=O)CNC(=O)[C@@H]2CCCN2C(=O)[C@H](CC(=O)O)NC(=O)[C@H](Cc2ccc(O)cc2)NC(=O)[C@@H]([C@@H](C)CC)NC(=O)[C@@H](N)CCC(=O)NCCCC[C@@H](C(=O)O)NC1=O. The van der Waals surface area contributed by atoms with E-state index in [0.29, 0.717) is 12.0 Å². The molecule has 0 saturated carbocycles. The van der Waals surface area contributed by atoms with Crippen molar-refractivity contribution >= 4 is 82.9 Å². The topological polar surface area (TPSA) is 478 Å². The van der Waals surface area contributed by atoms with Crippen molar-refractivity contribution in [1.82, 2.24) is 52.8 Å². The molecule has 2 aliphatic heterocycles. The van der Waals surface area contributed by atoms with Gasteiger partial charge in [-0.05, 0) is 68.1 Å². The Morgan fingerprint density at radius 1 is 0.568 bits per heavy atom. The summed E-state index contributed by atoms with van der Waals surface area (Å²) in [5, 5.41) is 70.4. The molecule has 2 fully saturated rings. The highest BCUT2D eigenvalue weighted by atomic mass is 16.4. The molecule has 81 heavy (non-hydrogen) atoms. The van der Waals surface area contributed by atoms with E-state index in [9.17, 15) is 92.7 Å². The molecule has 448 valence electrons. The van der Waals surface area contributed by atoms with E-state index in [-0.39, 0.29) is 76.6 Å². The smallest absolute Gasteiger partial charge is 0.326 e. The molecule has 1 aromatic carbocycles. The van der Waals surface area contributed by atoms with Crippen LogP contribution in [0.15, 0.2) is 24.3 Å². The summed E-state index contributed by atoms with van der Waals surface area (Å²) in [7, 11) is 0. The number of hydrogen-bond acceptors (Lipinski definition) is 16. The zero-order chi connectivity index (χ0) is 60.7. The number of nitrogens with zero attached hydrogens (tertiary/aromatic N) is 1. The Morgan fingerprint density at radius 3 is 1.64 bits per heavy atom. The highest BCUT2D eigenvalue weighted by molar-refractivity contribution is 6.00. The lowest BCUT2D eigenvalue weighted by Gasteiger charge is -2.30. The van der Waals surface area contributed by atoms with Crippen molar-refractivity contribution in [3.8, 4) is 5.75 Å². The molecule has 0 aromatic heterocycles. The van der Waals surface area contributed by atoms with Gasteiger partial charge in [0.15, 0.2) is 0 Å². The minimum atomic E-state index is -2.02. The number of carboxylic acid groups (broad SMARTS) is 4. The zero-order valence-corrected chi connectivity index (χ0v) is 45.5.